The summed E-state index contributed by atoms with van der Waals surface area (Å²) in [6.07, 6.45) is 5.49. The predicted molar refractivity (Wildman–Crippen MR) is 152 cm³/mol. The minimum absolute atomic E-state index is 0.0778. The number of rotatable bonds is 13. The number of aromatic hydroxyl groups is 1. The minimum atomic E-state index is -0.222. The number of benzene rings is 2. The lowest BCUT2D eigenvalue weighted by Gasteiger charge is -2.18. The van der Waals surface area contributed by atoms with Gasteiger partial charge < -0.3 is 15.3 Å². The molecule has 0 radical (unpaired) electrons. The second-order valence-corrected chi connectivity index (χ2v) is 9.96. The molecule has 0 aliphatic carbocycles. The van der Waals surface area contributed by atoms with Crippen molar-refractivity contribution in [2.24, 2.45) is 0 Å². The van der Waals surface area contributed by atoms with E-state index in [1.54, 1.807) is 41.0 Å². The van der Waals surface area contributed by atoms with Crippen molar-refractivity contribution in [3.05, 3.63) is 64.3 Å². The second-order valence-electron chi connectivity index (χ2n) is 9.52. The van der Waals surface area contributed by atoms with Crippen LogP contribution < -0.4 is 5.32 Å². The number of fused-ring (bicyclic) bond motifs is 1. The van der Waals surface area contributed by atoms with Crippen LogP contribution in [-0.2, 0) is 16.0 Å². The molecule has 2 N–H and O–H groups in total. The molecule has 1 aromatic heterocycles. The monoisotopic (exact) mass is 539 g/mol. The number of carbonyl (C=O) groups is 3. The third-order valence-corrected chi connectivity index (χ3v) is 7.21. The zero-order valence-electron chi connectivity index (χ0n) is 22.6. The molecular weight excluding hydrogens is 502 g/mol. The molecule has 1 heterocycles. The number of phenolic OH excluding ortho intramolecular Hbond substituents is 1. The molecule has 0 saturated heterocycles. The zero-order chi connectivity index (χ0) is 27.7. The SMILES string of the molecule is CCN(CC)C(=O)CCCCCCCNC(=O)Cc1c(C)n(C(=O)c2ccc(Cl)cc2)c2ccc(O)cc12. The van der Waals surface area contributed by atoms with Crippen LogP contribution in [0.2, 0.25) is 5.02 Å². The topological polar surface area (TPSA) is 91.6 Å². The fraction of sp³-hybridized carbons (Fsp3) is 0.433. The second kappa shape index (κ2) is 14.0. The van der Waals surface area contributed by atoms with Crippen LogP contribution in [0.3, 0.4) is 0 Å². The van der Waals surface area contributed by atoms with Gasteiger partial charge in [-0.1, -0.05) is 30.9 Å². The fourth-order valence-electron chi connectivity index (χ4n) is 4.79. The molecule has 0 aliphatic rings. The highest BCUT2D eigenvalue weighted by atomic mass is 35.5. The summed E-state index contributed by atoms with van der Waals surface area (Å²) < 4.78 is 1.59. The van der Waals surface area contributed by atoms with Crippen LogP contribution in [0.4, 0.5) is 0 Å². The van der Waals surface area contributed by atoms with Crippen LogP contribution in [-0.4, -0.2) is 51.9 Å². The maximum Gasteiger partial charge on any atom is 0.262 e. The van der Waals surface area contributed by atoms with Crippen molar-refractivity contribution in [2.45, 2.75) is 65.7 Å². The lowest BCUT2D eigenvalue weighted by molar-refractivity contribution is -0.131. The Bertz CT molecular complexity index is 1260. The van der Waals surface area contributed by atoms with Crippen molar-refractivity contribution in [2.75, 3.05) is 19.6 Å². The van der Waals surface area contributed by atoms with Gasteiger partial charge in [0.25, 0.3) is 5.91 Å². The zero-order valence-corrected chi connectivity index (χ0v) is 23.3. The van der Waals surface area contributed by atoms with Crippen LogP contribution in [0.5, 0.6) is 5.75 Å². The van der Waals surface area contributed by atoms with Gasteiger partial charge in [0.1, 0.15) is 5.75 Å². The first-order valence-corrected chi connectivity index (χ1v) is 13.8. The van der Waals surface area contributed by atoms with Crippen molar-refractivity contribution in [3.63, 3.8) is 0 Å². The Morgan fingerprint density at radius 2 is 1.61 bits per heavy atom. The molecule has 8 heteroatoms. The van der Waals surface area contributed by atoms with Crippen molar-refractivity contribution >= 4 is 40.2 Å². The molecule has 0 atom stereocenters. The predicted octanol–water partition coefficient (Wildman–Crippen LogP) is 5.86. The van der Waals surface area contributed by atoms with E-state index in [9.17, 15) is 19.5 Å². The van der Waals surface area contributed by atoms with E-state index in [1.807, 2.05) is 25.7 Å². The van der Waals surface area contributed by atoms with Gasteiger partial charge in [-0.25, -0.2) is 0 Å². The van der Waals surface area contributed by atoms with Crippen LogP contribution >= 0.6 is 11.6 Å². The quantitative estimate of drug-likeness (QED) is 0.266. The summed E-state index contributed by atoms with van der Waals surface area (Å²) >= 11 is 5.98. The molecule has 2 aromatic carbocycles. The molecular formula is C30H38ClN3O4. The molecule has 38 heavy (non-hydrogen) atoms. The molecule has 204 valence electrons. The Balaban J connectivity index is 1.55. The van der Waals surface area contributed by atoms with Gasteiger partial charge in [0, 0.05) is 47.7 Å². The summed E-state index contributed by atoms with van der Waals surface area (Å²) in [4.78, 5) is 40.0. The number of hydrogen-bond donors (Lipinski definition) is 2. The van der Waals surface area contributed by atoms with Gasteiger partial charge in [-0.3, -0.25) is 19.0 Å². The molecule has 7 nitrogen and oxygen atoms in total. The summed E-state index contributed by atoms with van der Waals surface area (Å²) in [6, 6.07) is 11.5. The van der Waals surface area contributed by atoms with Gasteiger partial charge in [0.2, 0.25) is 11.8 Å². The summed E-state index contributed by atoms with van der Waals surface area (Å²) in [6.45, 7) is 7.91. The Hall–Kier alpha value is -3.32. The van der Waals surface area contributed by atoms with Gasteiger partial charge >= 0.3 is 0 Å². The lowest BCUT2D eigenvalue weighted by atomic mass is 10.1. The van der Waals surface area contributed by atoms with Crippen LogP contribution in [0.15, 0.2) is 42.5 Å². The van der Waals surface area contributed by atoms with Gasteiger partial charge in [0.05, 0.1) is 11.9 Å². The van der Waals surface area contributed by atoms with Crippen molar-refractivity contribution in [3.8, 4) is 5.75 Å². The number of carbonyl (C=O) groups excluding carboxylic acids is 3. The van der Waals surface area contributed by atoms with Gasteiger partial charge in [-0.15, -0.1) is 0 Å². The summed E-state index contributed by atoms with van der Waals surface area (Å²) in [7, 11) is 0. The fourth-order valence-corrected chi connectivity index (χ4v) is 4.92. The number of nitrogens with one attached hydrogen (secondary N) is 1. The maximum atomic E-state index is 13.3. The van der Waals surface area contributed by atoms with E-state index < -0.39 is 0 Å². The standard InChI is InChI=1S/C30H38ClN3O4/c1-4-33(5-2)29(37)11-9-7-6-8-10-18-32-28(36)20-25-21(3)34(27-17-16-24(35)19-26(25)27)30(38)22-12-14-23(31)15-13-22/h12-17,19,35H,4-11,18,20H2,1-3H3,(H,32,36). The largest absolute Gasteiger partial charge is 0.508 e. The minimum Gasteiger partial charge on any atom is -0.508 e. The number of unbranched alkanes of at least 4 members (excludes halogenated alkanes) is 4. The summed E-state index contributed by atoms with van der Waals surface area (Å²) in [5.41, 5.74) is 2.51. The summed E-state index contributed by atoms with van der Waals surface area (Å²) in [5, 5.41) is 14.3. The Morgan fingerprint density at radius 3 is 2.29 bits per heavy atom. The van der Waals surface area contributed by atoms with E-state index in [-0.39, 0.29) is 29.9 Å². The Kier molecular flexibility index (Phi) is 10.8. The molecule has 3 aromatic rings. The number of phenols is 1. The van der Waals surface area contributed by atoms with E-state index in [1.165, 1.54) is 6.07 Å². The number of halogens is 1. The highest BCUT2D eigenvalue weighted by molar-refractivity contribution is 6.30. The number of hydrogen-bond acceptors (Lipinski definition) is 4. The number of nitrogens with zero attached hydrogens (tertiary/aromatic N) is 2. The molecule has 0 spiro atoms. The Labute approximate surface area is 229 Å². The molecule has 0 saturated carbocycles. The first-order chi connectivity index (χ1) is 18.3. The van der Waals surface area contributed by atoms with Gasteiger partial charge in [-0.2, -0.15) is 0 Å². The van der Waals surface area contributed by atoms with E-state index in [2.05, 4.69) is 5.32 Å². The highest BCUT2D eigenvalue weighted by Crippen LogP contribution is 2.30. The number of amides is 2. The lowest BCUT2D eigenvalue weighted by Crippen LogP contribution is -2.30. The third-order valence-electron chi connectivity index (χ3n) is 6.96. The van der Waals surface area contributed by atoms with Crippen LogP contribution in [0, 0.1) is 6.92 Å². The normalized spacial score (nSPS) is 11.1. The van der Waals surface area contributed by atoms with E-state index in [0.717, 1.165) is 45.2 Å². The van der Waals surface area contributed by atoms with E-state index in [0.29, 0.717) is 45.7 Å². The number of aromatic nitrogens is 1. The van der Waals surface area contributed by atoms with Gasteiger partial charge in [-0.05, 0) is 81.6 Å². The van der Waals surface area contributed by atoms with Crippen molar-refractivity contribution in [1.29, 1.82) is 0 Å². The van der Waals surface area contributed by atoms with Gasteiger partial charge in [0.15, 0.2) is 0 Å². The average Bonchev–Trinajstić information content (AvgIpc) is 3.16. The van der Waals surface area contributed by atoms with Crippen LogP contribution in [0.1, 0.15) is 74.0 Å². The van der Waals surface area contributed by atoms with E-state index in [4.69, 9.17) is 11.6 Å². The van der Waals surface area contributed by atoms with Crippen molar-refractivity contribution in [1.82, 2.24) is 14.8 Å². The Morgan fingerprint density at radius 1 is 0.947 bits per heavy atom. The summed E-state index contributed by atoms with van der Waals surface area (Å²) in [5.74, 6) is -0.0456. The molecule has 0 bridgehead atoms. The molecule has 2 amide bonds. The maximum absolute atomic E-state index is 13.3. The third kappa shape index (κ3) is 7.38. The molecule has 3 rings (SSSR count). The first kappa shape index (κ1) is 29.2. The van der Waals surface area contributed by atoms with Crippen LogP contribution in [0.25, 0.3) is 10.9 Å². The molecule has 0 aliphatic heterocycles. The van der Waals surface area contributed by atoms with E-state index >= 15 is 0 Å². The highest BCUT2D eigenvalue weighted by Gasteiger charge is 2.22. The van der Waals surface area contributed by atoms with Crippen molar-refractivity contribution < 1.29 is 19.5 Å². The first-order valence-electron chi connectivity index (χ1n) is 13.4. The molecule has 0 unspecified atom stereocenters. The smallest absolute Gasteiger partial charge is 0.262 e. The molecule has 0 fully saturated rings. The average molecular weight is 540 g/mol.